The van der Waals surface area contributed by atoms with Crippen LogP contribution in [0, 0.1) is 6.92 Å². The predicted octanol–water partition coefficient (Wildman–Crippen LogP) is 5.43. The number of nitrogens with one attached hydrogen (secondary N) is 1. The number of nitrogens with zero attached hydrogens (tertiary/aromatic N) is 2. The first-order chi connectivity index (χ1) is 13.5. The van der Waals surface area contributed by atoms with E-state index in [2.05, 4.69) is 10.3 Å². The van der Waals surface area contributed by atoms with Crippen molar-refractivity contribution in [3.05, 3.63) is 70.8 Å². The van der Waals surface area contributed by atoms with Gasteiger partial charge in [0.2, 0.25) is 0 Å². The van der Waals surface area contributed by atoms with Gasteiger partial charge in [0.1, 0.15) is 5.75 Å². The normalized spacial score (nSPS) is 12.1. The van der Waals surface area contributed by atoms with Crippen LogP contribution in [0.15, 0.2) is 60.2 Å². The van der Waals surface area contributed by atoms with Crippen molar-refractivity contribution in [2.24, 2.45) is 0 Å². The molecule has 1 amide bonds. The fraction of sp³-hybridized carbons (Fsp3) is 0.143. The number of aromatic nitrogens is 2. The standard InChI is InChI=1S/C21H18ClN3O2S/c1-13-11-17(7-8-18(13)22)27-14(2)20(26)23-16-5-3-15(4-6-16)19-12-25-9-10-28-21(25)24-19/h3-12,14H,1-2H3,(H,23,26). The molecule has 2 aromatic heterocycles. The van der Waals surface area contributed by atoms with Crippen LogP contribution in [0.2, 0.25) is 5.02 Å². The zero-order chi connectivity index (χ0) is 19.7. The third-order valence-electron chi connectivity index (χ3n) is 4.35. The number of imidazole rings is 1. The van der Waals surface area contributed by atoms with Crippen LogP contribution >= 0.6 is 22.9 Å². The smallest absolute Gasteiger partial charge is 0.265 e. The Morgan fingerprint density at radius 3 is 2.75 bits per heavy atom. The van der Waals surface area contributed by atoms with Crippen molar-refractivity contribution in [3.8, 4) is 17.0 Å². The number of halogens is 1. The van der Waals surface area contributed by atoms with Crippen molar-refractivity contribution in [2.45, 2.75) is 20.0 Å². The molecule has 1 unspecified atom stereocenters. The number of benzene rings is 2. The van der Waals surface area contributed by atoms with E-state index in [1.165, 1.54) is 0 Å². The van der Waals surface area contributed by atoms with Crippen molar-refractivity contribution in [3.63, 3.8) is 0 Å². The highest BCUT2D eigenvalue weighted by Crippen LogP contribution is 2.24. The van der Waals surface area contributed by atoms with Gasteiger partial charge in [-0.05, 0) is 49.7 Å². The molecule has 5 nitrogen and oxygen atoms in total. The molecule has 0 fully saturated rings. The summed E-state index contributed by atoms with van der Waals surface area (Å²) in [6.45, 7) is 3.61. The van der Waals surface area contributed by atoms with E-state index in [4.69, 9.17) is 16.3 Å². The molecule has 0 saturated carbocycles. The second-order valence-corrected chi connectivity index (χ2v) is 7.74. The van der Waals surface area contributed by atoms with Gasteiger partial charge >= 0.3 is 0 Å². The Labute approximate surface area is 171 Å². The maximum Gasteiger partial charge on any atom is 0.265 e. The Morgan fingerprint density at radius 2 is 2.04 bits per heavy atom. The van der Waals surface area contributed by atoms with Gasteiger partial charge < -0.3 is 10.1 Å². The third-order valence-corrected chi connectivity index (χ3v) is 5.55. The molecule has 142 valence electrons. The average Bonchev–Trinajstić information content (AvgIpc) is 3.27. The fourth-order valence-corrected chi connectivity index (χ4v) is 3.60. The van der Waals surface area contributed by atoms with Crippen molar-refractivity contribution in [2.75, 3.05) is 5.32 Å². The molecule has 1 N–H and O–H groups in total. The molecule has 4 aromatic rings. The molecule has 0 aliphatic rings. The summed E-state index contributed by atoms with van der Waals surface area (Å²) in [6, 6.07) is 12.9. The molecule has 7 heteroatoms. The molecule has 0 spiro atoms. The fourth-order valence-electron chi connectivity index (χ4n) is 2.78. The monoisotopic (exact) mass is 411 g/mol. The molecule has 0 saturated heterocycles. The van der Waals surface area contributed by atoms with Crippen LogP contribution < -0.4 is 10.1 Å². The van der Waals surface area contributed by atoms with Gasteiger partial charge in [-0.15, -0.1) is 11.3 Å². The topological polar surface area (TPSA) is 55.6 Å². The van der Waals surface area contributed by atoms with Gasteiger partial charge in [-0.1, -0.05) is 23.7 Å². The largest absolute Gasteiger partial charge is 0.481 e. The van der Waals surface area contributed by atoms with Gasteiger partial charge in [0.25, 0.3) is 5.91 Å². The number of rotatable bonds is 5. The molecule has 2 aromatic carbocycles. The van der Waals surface area contributed by atoms with Crippen LogP contribution in [0.4, 0.5) is 5.69 Å². The predicted molar refractivity (Wildman–Crippen MR) is 113 cm³/mol. The zero-order valence-corrected chi connectivity index (χ0v) is 16.9. The number of amides is 1. The Balaban J connectivity index is 1.41. The number of ether oxygens (including phenoxy) is 1. The summed E-state index contributed by atoms with van der Waals surface area (Å²) in [5, 5.41) is 5.54. The summed E-state index contributed by atoms with van der Waals surface area (Å²) in [6.07, 6.45) is 3.33. The van der Waals surface area contributed by atoms with Gasteiger partial charge in [0.05, 0.1) is 5.69 Å². The number of thiazole rings is 1. The Kier molecular flexibility index (Phi) is 5.07. The third kappa shape index (κ3) is 3.88. The summed E-state index contributed by atoms with van der Waals surface area (Å²) >= 11 is 7.61. The average molecular weight is 412 g/mol. The van der Waals surface area contributed by atoms with Crippen LogP contribution in [0.3, 0.4) is 0 Å². The van der Waals surface area contributed by atoms with Crippen molar-refractivity contribution in [1.29, 1.82) is 0 Å². The maximum atomic E-state index is 12.4. The summed E-state index contributed by atoms with van der Waals surface area (Å²) < 4.78 is 7.71. The van der Waals surface area contributed by atoms with E-state index in [9.17, 15) is 4.79 Å². The number of anilines is 1. The number of hydrogen-bond acceptors (Lipinski definition) is 4. The van der Waals surface area contributed by atoms with E-state index in [1.54, 1.807) is 30.4 Å². The molecule has 28 heavy (non-hydrogen) atoms. The summed E-state index contributed by atoms with van der Waals surface area (Å²) in [4.78, 5) is 18.0. The van der Waals surface area contributed by atoms with E-state index >= 15 is 0 Å². The summed E-state index contributed by atoms with van der Waals surface area (Å²) in [7, 11) is 0. The zero-order valence-electron chi connectivity index (χ0n) is 15.3. The van der Waals surface area contributed by atoms with Gasteiger partial charge in [0, 0.05) is 34.0 Å². The van der Waals surface area contributed by atoms with E-state index in [1.807, 2.05) is 59.4 Å². The highest BCUT2D eigenvalue weighted by Gasteiger charge is 2.15. The minimum absolute atomic E-state index is 0.220. The first kappa shape index (κ1) is 18.5. The Bertz CT molecular complexity index is 1110. The lowest BCUT2D eigenvalue weighted by molar-refractivity contribution is -0.122. The molecule has 0 radical (unpaired) electrons. The van der Waals surface area contributed by atoms with Crippen molar-refractivity contribution >= 4 is 39.5 Å². The lowest BCUT2D eigenvalue weighted by atomic mass is 10.1. The number of carbonyl (C=O) groups excluding carboxylic acids is 1. The van der Waals surface area contributed by atoms with Crippen LogP contribution in [-0.4, -0.2) is 21.4 Å². The number of carbonyl (C=O) groups is 1. The molecular formula is C21H18ClN3O2S. The van der Waals surface area contributed by atoms with Gasteiger partial charge in [-0.25, -0.2) is 4.98 Å². The minimum Gasteiger partial charge on any atom is -0.481 e. The Morgan fingerprint density at radius 1 is 1.25 bits per heavy atom. The number of hydrogen-bond donors (Lipinski definition) is 1. The minimum atomic E-state index is -0.639. The van der Waals surface area contributed by atoms with E-state index in [0.29, 0.717) is 16.5 Å². The molecule has 4 rings (SSSR count). The molecule has 2 heterocycles. The molecule has 0 bridgehead atoms. The van der Waals surface area contributed by atoms with Gasteiger partial charge in [-0.3, -0.25) is 9.20 Å². The van der Waals surface area contributed by atoms with Crippen LogP contribution in [0.25, 0.3) is 16.2 Å². The number of aryl methyl sites for hydroxylation is 1. The second-order valence-electron chi connectivity index (χ2n) is 6.46. The van der Waals surface area contributed by atoms with E-state index in [0.717, 1.165) is 21.8 Å². The maximum absolute atomic E-state index is 12.4. The highest BCUT2D eigenvalue weighted by atomic mass is 35.5. The van der Waals surface area contributed by atoms with Crippen LogP contribution in [0.5, 0.6) is 5.75 Å². The lowest BCUT2D eigenvalue weighted by Gasteiger charge is -2.15. The first-order valence-corrected chi connectivity index (χ1v) is 10.0. The quantitative estimate of drug-likeness (QED) is 0.476. The summed E-state index contributed by atoms with van der Waals surface area (Å²) in [5.41, 5.74) is 3.51. The SMILES string of the molecule is Cc1cc(OC(C)C(=O)Nc2ccc(-c3cn4ccsc4n3)cc2)ccc1Cl. The van der Waals surface area contributed by atoms with Crippen molar-refractivity contribution in [1.82, 2.24) is 9.38 Å². The Hall–Kier alpha value is -2.83. The second kappa shape index (κ2) is 7.66. The molecular weight excluding hydrogens is 394 g/mol. The van der Waals surface area contributed by atoms with Crippen LogP contribution in [0.1, 0.15) is 12.5 Å². The van der Waals surface area contributed by atoms with Crippen LogP contribution in [-0.2, 0) is 4.79 Å². The van der Waals surface area contributed by atoms with E-state index in [-0.39, 0.29) is 5.91 Å². The molecule has 0 aliphatic carbocycles. The number of fused-ring (bicyclic) bond motifs is 1. The highest BCUT2D eigenvalue weighted by molar-refractivity contribution is 7.15. The molecule has 1 atom stereocenters. The first-order valence-electron chi connectivity index (χ1n) is 8.76. The van der Waals surface area contributed by atoms with Gasteiger partial charge in [0.15, 0.2) is 11.1 Å². The summed E-state index contributed by atoms with van der Waals surface area (Å²) in [5.74, 6) is 0.391. The van der Waals surface area contributed by atoms with Gasteiger partial charge in [-0.2, -0.15) is 0 Å². The van der Waals surface area contributed by atoms with E-state index < -0.39 is 6.10 Å². The lowest BCUT2D eigenvalue weighted by Crippen LogP contribution is -2.30. The van der Waals surface area contributed by atoms with Crippen molar-refractivity contribution < 1.29 is 9.53 Å². The molecule has 0 aliphatic heterocycles.